The van der Waals surface area contributed by atoms with Crippen LogP contribution in [0.25, 0.3) is 6.08 Å². The van der Waals surface area contributed by atoms with Gasteiger partial charge in [0.25, 0.3) is 0 Å². The van der Waals surface area contributed by atoms with E-state index in [0.29, 0.717) is 30.8 Å². The summed E-state index contributed by atoms with van der Waals surface area (Å²) < 4.78 is 5.27. The fraction of sp³-hybridized carbons (Fsp3) is 0.400. The second kappa shape index (κ2) is 8.01. The lowest BCUT2D eigenvalue weighted by Gasteiger charge is -2.20. The highest BCUT2D eigenvalue weighted by Gasteiger charge is 2.31. The van der Waals surface area contributed by atoms with Gasteiger partial charge in [-0.3, -0.25) is 0 Å². The lowest BCUT2D eigenvalue weighted by Crippen LogP contribution is -2.41. The molecule has 2 aromatic rings. The van der Waals surface area contributed by atoms with Crippen LogP contribution in [0.5, 0.6) is 0 Å². The van der Waals surface area contributed by atoms with Crippen LogP contribution in [0.15, 0.2) is 47.0 Å². The Bertz CT molecular complexity index is 718. The number of hydrogen-bond donors (Lipinski definition) is 1. The van der Waals surface area contributed by atoms with Gasteiger partial charge in [0.1, 0.15) is 0 Å². The third-order valence-electron chi connectivity index (χ3n) is 4.24. The van der Waals surface area contributed by atoms with Gasteiger partial charge in [-0.05, 0) is 24.3 Å². The van der Waals surface area contributed by atoms with Gasteiger partial charge in [-0.1, -0.05) is 61.5 Å². The van der Waals surface area contributed by atoms with Crippen molar-refractivity contribution in [2.75, 3.05) is 6.54 Å². The van der Waals surface area contributed by atoms with Gasteiger partial charge in [0.15, 0.2) is 5.76 Å². The topological polar surface area (TPSA) is 58.4 Å². The molecule has 1 saturated carbocycles. The minimum atomic E-state index is -0.0530. The van der Waals surface area contributed by atoms with E-state index in [1.54, 1.807) is 0 Å². The molecule has 1 fully saturated rings. The molecular formula is C20H25N3O2. The van der Waals surface area contributed by atoms with Gasteiger partial charge in [0.05, 0.1) is 12.2 Å². The van der Waals surface area contributed by atoms with Crippen LogP contribution in [0.1, 0.15) is 49.6 Å². The largest absolute Gasteiger partial charge is 0.359 e. The summed E-state index contributed by atoms with van der Waals surface area (Å²) in [5.41, 5.74) is 2.05. The lowest BCUT2D eigenvalue weighted by atomic mass is 10.1. The molecule has 1 heterocycles. The summed E-state index contributed by atoms with van der Waals surface area (Å²) in [5.74, 6) is 1.01. The smallest absolute Gasteiger partial charge is 0.318 e. The molecule has 0 saturated heterocycles. The summed E-state index contributed by atoms with van der Waals surface area (Å²) in [4.78, 5) is 14.4. The Morgan fingerprint density at radius 1 is 1.36 bits per heavy atom. The molecule has 1 aliphatic rings. The van der Waals surface area contributed by atoms with Crippen LogP contribution in [0.2, 0.25) is 0 Å². The van der Waals surface area contributed by atoms with Gasteiger partial charge in [-0.15, -0.1) is 0 Å². The first-order valence-electron chi connectivity index (χ1n) is 8.85. The molecule has 5 heteroatoms. The number of carbonyl (C=O) groups is 1. The van der Waals surface area contributed by atoms with Crippen molar-refractivity contribution in [1.29, 1.82) is 0 Å². The monoisotopic (exact) mass is 339 g/mol. The molecular weight excluding hydrogens is 314 g/mol. The summed E-state index contributed by atoms with van der Waals surface area (Å²) in [7, 11) is 0. The number of carbonyl (C=O) groups excluding carboxylic acids is 1. The van der Waals surface area contributed by atoms with Crippen LogP contribution >= 0.6 is 0 Å². The van der Waals surface area contributed by atoms with Gasteiger partial charge in [-0.2, -0.15) is 0 Å². The molecule has 3 rings (SSSR count). The van der Waals surface area contributed by atoms with E-state index in [9.17, 15) is 4.79 Å². The van der Waals surface area contributed by atoms with Crippen molar-refractivity contribution in [3.63, 3.8) is 0 Å². The normalized spacial score (nSPS) is 14.2. The Morgan fingerprint density at radius 3 is 2.76 bits per heavy atom. The predicted octanol–water partition coefficient (Wildman–Crippen LogP) is 4.19. The molecule has 25 heavy (non-hydrogen) atoms. The van der Waals surface area contributed by atoms with Crippen molar-refractivity contribution in [3.05, 3.63) is 59.5 Å². The number of nitrogens with zero attached hydrogens (tertiary/aromatic N) is 2. The Labute approximate surface area is 148 Å². The molecule has 1 aliphatic carbocycles. The summed E-state index contributed by atoms with van der Waals surface area (Å²) in [6, 6.07) is 12.3. The first-order chi connectivity index (χ1) is 12.1. The van der Waals surface area contributed by atoms with Crippen LogP contribution in [-0.4, -0.2) is 28.7 Å². The molecule has 0 unspecified atom stereocenters. The number of urea groups is 1. The first kappa shape index (κ1) is 17.3. The SMILES string of the molecule is CC(C)c1cc(CNC(=O)N(C/C=C/c2ccccc2)C2CC2)on1. The van der Waals surface area contributed by atoms with Gasteiger partial charge in [-0.25, -0.2) is 4.79 Å². The molecule has 0 aliphatic heterocycles. The maximum atomic E-state index is 12.5. The second-order valence-corrected chi connectivity index (χ2v) is 6.73. The molecule has 1 aromatic carbocycles. The number of aromatic nitrogens is 1. The second-order valence-electron chi connectivity index (χ2n) is 6.73. The summed E-state index contributed by atoms with van der Waals surface area (Å²) in [6.07, 6.45) is 6.24. The maximum absolute atomic E-state index is 12.5. The number of benzene rings is 1. The Morgan fingerprint density at radius 2 is 2.12 bits per heavy atom. The van der Waals surface area contributed by atoms with Crippen molar-refractivity contribution in [1.82, 2.24) is 15.4 Å². The molecule has 2 amide bonds. The zero-order valence-corrected chi connectivity index (χ0v) is 14.8. The number of amides is 2. The van der Waals surface area contributed by atoms with Crippen LogP contribution in [0.4, 0.5) is 4.79 Å². The Balaban J connectivity index is 1.53. The third-order valence-corrected chi connectivity index (χ3v) is 4.24. The van der Waals surface area contributed by atoms with E-state index >= 15 is 0 Å². The highest BCUT2D eigenvalue weighted by Crippen LogP contribution is 2.27. The number of hydrogen-bond acceptors (Lipinski definition) is 3. The van der Waals surface area contributed by atoms with Gasteiger partial charge in [0.2, 0.25) is 0 Å². The van der Waals surface area contributed by atoms with E-state index in [4.69, 9.17) is 4.52 Å². The van der Waals surface area contributed by atoms with Gasteiger partial charge < -0.3 is 14.7 Å². The van der Waals surface area contributed by atoms with Gasteiger partial charge in [0, 0.05) is 18.7 Å². The van der Waals surface area contributed by atoms with Crippen LogP contribution in [0, 0.1) is 0 Å². The third kappa shape index (κ3) is 4.95. The first-order valence-corrected chi connectivity index (χ1v) is 8.85. The number of nitrogens with one attached hydrogen (secondary N) is 1. The molecule has 5 nitrogen and oxygen atoms in total. The molecule has 0 atom stereocenters. The maximum Gasteiger partial charge on any atom is 0.318 e. The van der Waals surface area contributed by atoms with Crippen molar-refractivity contribution in [2.24, 2.45) is 0 Å². The van der Waals surface area contributed by atoms with E-state index < -0.39 is 0 Å². The Hall–Kier alpha value is -2.56. The van der Waals surface area contributed by atoms with Crippen molar-refractivity contribution < 1.29 is 9.32 Å². The van der Waals surface area contributed by atoms with Crippen molar-refractivity contribution in [3.8, 4) is 0 Å². The lowest BCUT2D eigenvalue weighted by molar-refractivity contribution is 0.199. The fourth-order valence-electron chi connectivity index (χ4n) is 2.60. The molecule has 132 valence electrons. The average Bonchev–Trinajstić information content (AvgIpc) is 3.33. The molecule has 0 spiro atoms. The highest BCUT2D eigenvalue weighted by molar-refractivity contribution is 5.75. The van der Waals surface area contributed by atoms with Gasteiger partial charge >= 0.3 is 6.03 Å². The molecule has 0 radical (unpaired) electrons. The van der Waals surface area contributed by atoms with Crippen molar-refractivity contribution >= 4 is 12.1 Å². The van der Waals surface area contributed by atoms with E-state index in [0.717, 1.165) is 24.1 Å². The Kier molecular flexibility index (Phi) is 5.53. The van der Waals surface area contributed by atoms with Crippen LogP contribution in [0.3, 0.4) is 0 Å². The van der Waals surface area contributed by atoms with E-state index in [2.05, 4.69) is 24.3 Å². The fourth-order valence-corrected chi connectivity index (χ4v) is 2.60. The average molecular weight is 339 g/mol. The van der Waals surface area contributed by atoms with Crippen LogP contribution < -0.4 is 5.32 Å². The van der Waals surface area contributed by atoms with Crippen molar-refractivity contribution in [2.45, 2.75) is 45.2 Å². The number of rotatable bonds is 7. The van der Waals surface area contributed by atoms with Crippen LogP contribution in [-0.2, 0) is 6.54 Å². The summed E-state index contributed by atoms with van der Waals surface area (Å²) >= 11 is 0. The summed E-state index contributed by atoms with van der Waals surface area (Å²) in [5, 5.41) is 6.96. The minimum absolute atomic E-state index is 0.0530. The quantitative estimate of drug-likeness (QED) is 0.823. The standard InChI is InChI=1S/C20H25N3O2/c1-15(2)19-13-18(25-22-19)14-21-20(24)23(17-10-11-17)12-6-9-16-7-4-3-5-8-16/h3-9,13,15,17H,10-12,14H2,1-2H3,(H,21,24)/b9-6+. The highest BCUT2D eigenvalue weighted by atomic mass is 16.5. The molecule has 0 bridgehead atoms. The zero-order chi connectivity index (χ0) is 17.6. The summed E-state index contributed by atoms with van der Waals surface area (Å²) in [6.45, 7) is 5.10. The van der Waals surface area contributed by atoms with E-state index in [-0.39, 0.29) is 6.03 Å². The van der Waals surface area contributed by atoms with E-state index in [1.807, 2.05) is 53.5 Å². The molecule has 1 aromatic heterocycles. The minimum Gasteiger partial charge on any atom is -0.359 e. The predicted molar refractivity (Wildman–Crippen MR) is 98.0 cm³/mol. The molecule has 1 N–H and O–H groups in total. The zero-order valence-electron chi connectivity index (χ0n) is 14.8. The van der Waals surface area contributed by atoms with E-state index in [1.165, 1.54) is 0 Å².